The molecule has 0 saturated carbocycles. The van der Waals surface area contributed by atoms with Gasteiger partial charge in [-0.05, 0) is 30.2 Å². The molecule has 2 aromatic heterocycles. The molecule has 1 aromatic carbocycles. The van der Waals surface area contributed by atoms with Crippen molar-refractivity contribution in [3.8, 4) is 22.7 Å². The van der Waals surface area contributed by atoms with Gasteiger partial charge in [-0.15, -0.1) is 0 Å². The van der Waals surface area contributed by atoms with Gasteiger partial charge in [-0.1, -0.05) is 17.3 Å². The number of hydrogen-bond donors (Lipinski definition) is 1. The van der Waals surface area contributed by atoms with Gasteiger partial charge in [0.25, 0.3) is 5.89 Å². The van der Waals surface area contributed by atoms with Crippen molar-refractivity contribution in [3.63, 3.8) is 0 Å². The summed E-state index contributed by atoms with van der Waals surface area (Å²) in [5.74, 6) is 1.54. The number of rotatable bonds is 3. The smallest absolute Gasteiger partial charge is 0.257 e. The summed E-state index contributed by atoms with van der Waals surface area (Å²) in [4.78, 5) is 4.48. The second-order valence-electron chi connectivity index (χ2n) is 5.07. The molecule has 6 heteroatoms. The third-order valence-electron chi connectivity index (χ3n) is 3.68. The van der Waals surface area contributed by atoms with Crippen LogP contribution in [-0.4, -0.2) is 33.6 Å². The number of ether oxygens (including phenoxy) is 1. The molecular formula is C15H14N4O2. The first-order chi connectivity index (χ1) is 10.4. The lowest BCUT2D eigenvalue weighted by molar-refractivity contribution is 0.192. The lowest BCUT2D eigenvalue weighted by atomic mass is 10.1. The van der Waals surface area contributed by atoms with E-state index in [1.54, 1.807) is 6.20 Å². The summed E-state index contributed by atoms with van der Waals surface area (Å²) >= 11 is 0. The molecule has 1 fully saturated rings. The molecule has 21 heavy (non-hydrogen) atoms. The summed E-state index contributed by atoms with van der Waals surface area (Å²) in [7, 11) is 0. The number of nitrogens with one attached hydrogen (secondary N) is 1. The number of nitrogens with zero attached hydrogens (tertiary/aromatic N) is 3. The molecule has 0 bridgehead atoms. The highest BCUT2D eigenvalue weighted by atomic mass is 16.5. The number of aromatic amines is 1. The lowest BCUT2D eigenvalue weighted by Gasteiger charge is -1.99. The average molecular weight is 282 g/mol. The highest BCUT2D eigenvalue weighted by Crippen LogP contribution is 2.26. The summed E-state index contributed by atoms with van der Waals surface area (Å²) in [6.07, 6.45) is 2.69. The molecule has 1 unspecified atom stereocenters. The minimum absolute atomic E-state index is 0.256. The van der Waals surface area contributed by atoms with Gasteiger partial charge < -0.3 is 9.26 Å². The summed E-state index contributed by atoms with van der Waals surface area (Å²) < 4.78 is 10.7. The topological polar surface area (TPSA) is 76.8 Å². The van der Waals surface area contributed by atoms with E-state index in [-0.39, 0.29) is 5.92 Å². The van der Waals surface area contributed by atoms with Crippen molar-refractivity contribution in [2.45, 2.75) is 12.3 Å². The molecule has 3 aromatic rings. The van der Waals surface area contributed by atoms with Crippen LogP contribution in [0, 0.1) is 0 Å². The number of hydrogen-bond acceptors (Lipinski definition) is 5. The highest BCUT2D eigenvalue weighted by Gasteiger charge is 2.23. The maximum absolute atomic E-state index is 5.36. The minimum atomic E-state index is 0.256. The van der Waals surface area contributed by atoms with E-state index in [1.807, 2.05) is 30.3 Å². The van der Waals surface area contributed by atoms with Crippen LogP contribution in [0.2, 0.25) is 0 Å². The van der Waals surface area contributed by atoms with Gasteiger partial charge in [0.15, 0.2) is 5.82 Å². The van der Waals surface area contributed by atoms with E-state index in [9.17, 15) is 0 Å². The molecule has 0 spiro atoms. The second-order valence-corrected chi connectivity index (χ2v) is 5.07. The van der Waals surface area contributed by atoms with Crippen LogP contribution in [0.3, 0.4) is 0 Å². The normalized spacial score (nSPS) is 18.2. The summed E-state index contributed by atoms with van der Waals surface area (Å²) in [6, 6.07) is 9.88. The predicted octanol–water partition coefficient (Wildman–Crippen LogP) is 2.63. The zero-order valence-corrected chi connectivity index (χ0v) is 11.3. The molecule has 0 radical (unpaired) electrons. The molecule has 1 atom stereocenters. The van der Waals surface area contributed by atoms with Gasteiger partial charge in [-0.3, -0.25) is 5.10 Å². The summed E-state index contributed by atoms with van der Waals surface area (Å²) in [6.45, 7) is 1.45. The molecule has 1 N–H and O–H groups in total. The van der Waals surface area contributed by atoms with E-state index in [0.29, 0.717) is 12.5 Å². The Morgan fingerprint density at radius 2 is 1.95 bits per heavy atom. The van der Waals surface area contributed by atoms with Gasteiger partial charge in [0, 0.05) is 24.3 Å². The summed E-state index contributed by atoms with van der Waals surface area (Å²) in [5, 5.41) is 11.0. The van der Waals surface area contributed by atoms with Crippen LogP contribution in [0.5, 0.6) is 0 Å². The van der Waals surface area contributed by atoms with E-state index >= 15 is 0 Å². The van der Waals surface area contributed by atoms with Crippen LogP contribution in [-0.2, 0) is 4.74 Å². The van der Waals surface area contributed by atoms with Crippen molar-refractivity contribution in [1.82, 2.24) is 20.3 Å². The molecule has 1 aliphatic heterocycles. The fourth-order valence-electron chi connectivity index (χ4n) is 2.47. The Bertz CT molecular complexity index is 712. The van der Waals surface area contributed by atoms with E-state index in [2.05, 4.69) is 20.3 Å². The standard InChI is InChI=1S/C15H14N4O2/c1-3-11(4-2-10(1)13-5-7-16-18-13)15-17-14(19-21-15)12-6-8-20-9-12/h1-5,7,12H,6,8-9H2,(H,16,18). The van der Waals surface area contributed by atoms with Crippen LogP contribution in [0.1, 0.15) is 18.2 Å². The highest BCUT2D eigenvalue weighted by molar-refractivity contribution is 5.64. The molecular weight excluding hydrogens is 268 g/mol. The van der Waals surface area contributed by atoms with E-state index in [4.69, 9.17) is 9.26 Å². The van der Waals surface area contributed by atoms with Gasteiger partial charge in [-0.25, -0.2) is 0 Å². The van der Waals surface area contributed by atoms with E-state index in [1.165, 1.54) is 0 Å². The van der Waals surface area contributed by atoms with Gasteiger partial charge >= 0.3 is 0 Å². The Hall–Kier alpha value is -2.47. The SMILES string of the molecule is c1cc(-c2ccc(-c3nc(C4CCOC4)no3)cc2)[nH]n1. The first kappa shape index (κ1) is 12.3. The van der Waals surface area contributed by atoms with Crippen LogP contribution >= 0.6 is 0 Å². The first-order valence-corrected chi connectivity index (χ1v) is 6.92. The molecule has 4 rings (SSSR count). The quantitative estimate of drug-likeness (QED) is 0.799. The Balaban J connectivity index is 1.58. The van der Waals surface area contributed by atoms with Gasteiger partial charge in [0.05, 0.1) is 12.3 Å². The lowest BCUT2D eigenvalue weighted by Crippen LogP contribution is -1.99. The molecule has 1 aliphatic rings. The van der Waals surface area contributed by atoms with E-state index in [0.717, 1.165) is 35.7 Å². The molecule has 1 saturated heterocycles. The number of benzene rings is 1. The predicted molar refractivity (Wildman–Crippen MR) is 75.5 cm³/mol. The van der Waals surface area contributed by atoms with Gasteiger partial charge in [-0.2, -0.15) is 10.1 Å². The molecule has 3 heterocycles. The molecule has 6 nitrogen and oxygen atoms in total. The zero-order valence-electron chi connectivity index (χ0n) is 11.3. The van der Waals surface area contributed by atoms with Crippen molar-refractivity contribution in [3.05, 3.63) is 42.4 Å². The Morgan fingerprint density at radius 3 is 2.67 bits per heavy atom. The van der Waals surface area contributed by atoms with Crippen molar-refractivity contribution in [2.24, 2.45) is 0 Å². The Kier molecular flexibility index (Phi) is 3.01. The van der Waals surface area contributed by atoms with Crippen LogP contribution in [0.4, 0.5) is 0 Å². The minimum Gasteiger partial charge on any atom is -0.381 e. The summed E-state index contributed by atoms with van der Waals surface area (Å²) in [5.41, 5.74) is 2.96. The van der Waals surface area contributed by atoms with Crippen molar-refractivity contribution in [1.29, 1.82) is 0 Å². The second kappa shape index (κ2) is 5.14. The maximum Gasteiger partial charge on any atom is 0.257 e. The average Bonchev–Trinajstić information content (AvgIpc) is 3.27. The third kappa shape index (κ3) is 2.34. The van der Waals surface area contributed by atoms with Crippen LogP contribution in [0.15, 0.2) is 41.1 Å². The molecule has 0 amide bonds. The largest absolute Gasteiger partial charge is 0.381 e. The van der Waals surface area contributed by atoms with Crippen LogP contribution < -0.4 is 0 Å². The van der Waals surface area contributed by atoms with Gasteiger partial charge in [0.1, 0.15) is 0 Å². The monoisotopic (exact) mass is 282 g/mol. The van der Waals surface area contributed by atoms with Crippen LogP contribution in [0.25, 0.3) is 22.7 Å². The Morgan fingerprint density at radius 1 is 1.10 bits per heavy atom. The number of aromatic nitrogens is 4. The van der Waals surface area contributed by atoms with Crippen molar-refractivity contribution >= 4 is 0 Å². The fraction of sp³-hybridized carbons (Fsp3) is 0.267. The molecule has 106 valence electrons. The molecule has 0 aliphatic carbocycles. The van der Waals surface area contributed by atoms with Crippen molar-refractivity contribution < 1.29 is 9.26 Å². The van der Waals surface area contributed by atoms with Crippen molar-refractivity contribution in [2.75, 3.05) is 13.2 Å². The van der Waals surface area contributed by atoms with E-state index < -0.39 is 0 Å². The zero-order chi connectivity index (χ0) is 14.1. The first-order valence-electron chi connectivity index (χ1n) is 6.92. The fourth-order valence-corrected chi connectivity index (χ4v) is 2.47. The Labute approximate surface area is 121 Å². The maximum atomic E-state index is 5.36. The third-order valence-corrected chi connectivity index (χ3v) is 3.68. The van der Waals surface area contributed by atoms with Gasteiger partial charge in [0.2, 0.25) is 0 Å². The number of H-pyrrole nitrogens is 1.